The van der Waals surface area contributed by atoms with E-state index in [4.69, 9.17) is 4.98 Å². The fraction of sp³-hybridized carbons (Fsp3) is 0. The van der Waals surface area contributed by atoms with Crippen molar-refractivity contribution < 1.29 is 0 Å². The van der Waals surface area contributed by atoms with Gasteiger partial charge in [-0.15, -0.1) is 0 Å². The van der Waals surface area contributed by atoms with Crippen LogP contribution in [0.3, 0.4) is 0 Å². The van der Waals surface area contributed by atoms with Crippen LogP contribution in [0.4, 0.5) is 0 Å². The van der Waals surface area contributed by atoms with E-state index in [-0.39, 0.29) is 0 Å². The molecule has 0 aliphatic carbocycles. The van der Waals surface area contributed by atoms with Gasteiger partial charge in [0, 0.05) is 5.39 Å². The van der Waals surface area contributed by atoms with Crippen LogP contribution in [-0.2, 0) is 0 Å². The number of imidazole rings is 1. The maximum atomic E-state index is 5.21. The Hall–Kier alpha value is -6.34. The van der Waals surface area contributed by atoms with Crippen LogP contribution in [0.5, 0.6) is 0 Å². The summed E-state index contributed by atoms with van der Waals surface area (Å²) in [4.78, 5) is 5.21. The van der Waals surface area contributed by atoms with E-state index in [1.165, 1.54) is 86.3 Å². The number of para-hydroxylation sites is 2. The molecule has 0 spiro atoms. The van der Waals surface area contributed by atoms with E-state index in [1.807, 2.05) is 0 Å². The van der Waals surface area contributed by atoms with Crippen molar-refractivity contribution in [2.75, 3.05) is 0 Å². The van der Waals surface area contributed by atoms with E-state index in [9.17, 15) is 0 Å². The third-order valence-electron chi connectivity index (χ3n) is 12.0. The zero-order chi connectivity index (χ0) is 37.7. The monoisotopic (exact) mass is 808 g/mol. The van der Waals surface area contributed by atoms with Crippen LogP contribution < -0.4 is 15.9 Å². The van der Waals surface area contributed by atoms with Crippen LogP contribution >= 0.6 is 5.51 Å². The molecule has 0 amide bonds. The Bertz CT molecular complexity index is 3600. The van der Waals surface area contributed by atoms with E-state index >= 15 is 0 Å². The summed E-state index contributed by atoms with van der Waals surface area (Å²) in [6, 6.07) is 74.0. The second-order valence-corrected chi connectivity index (χ2v) is 21.2. The second kappa shape index (κ2) is 12.6. The summed E-state index contributed by atoms with van der Waals surface area (Å²) in [7, 11) is 0. The first-order valence-corrected chi connectivity index (χ1v) is 23.4. The quantitative estimate of drug-likeness (QED) is 0.0984. The van der Waals surface area contributed by atoms with Crippen molar-refractivity contribution in [3.8, 4) is 11.1 Å². The molecule has 0 fully saturated rings. The van der Waals surface area contributed by atoms with Crippen molar-refractivity contribution in [2.45, 2.75) is 0 Å². The summed E-state index contributed by atoms with van der Waals surface area (Å²) in [6.45, 7) is 0. The van der Waals surface area contributed by atoms with E-state index in [0.29, 0.717) is 0 Å². The van der Waals surface area contributed by atoms with Crippen LogP contribution in [0.2, 0.25) is 0 Å². The maximum absolute atomic E-state index is 5.21. The van der Waals surface area contributed by atoms with E-state index < -0.39 is 5.51 Å². The predicted molar refractivity (Wildman–Crippen MR) is 248 cm³/mol. The fourth-order valence-electron chi connectivity index (χ4n) is 9.29. The molecule has 10 aromatic carbocycles. The summed E-state index contributed by atoms with van der Waals surface area (Å²) < 4.78 is 2.36. The van der Waals surface area contributed by atoms with E-state index in [0.717, 1.165) is 22.2 Å². The van der Waals surface area contributed by atoms with Crippen LogP contribution in [0.15, 0.2) is 200 Å². The SMILES string of the molecule is [Se]=P(c1ccc2cc(-c3ccc4c5c6ccccc6ccc5c5nc6ccccc6n5c4c3)ccc2c1)(c1cccc2ccccc12)c1cccc2ccccc12. The number of pyridine rings is 1. The number of rotatable bonds is 4. The zero-order valence-electron chi connectivity index (χ0n) is 30.8. The third kappa shape index (κ3) is 4.90. The normalized spacial score (nSPS) is 12.3. The number of benzene rings is 10. The predicted octanol–water partition coefficient (Wildman–Crippen LogP) is 12.5. The first-order valence-electron chi connectivity index (χ1n) is 19.4. The Morgan fingerprint density at radius 2 is 0.930 bits per heavy atom. The van der Waals surface area contributed by atoms with Gasteiger partial charge < -0.3 is 0 Å². The molecule has 266 valence electrons. The minimum atomic E-state index is -2.23. The van der Waals surface area contributed by atoms with E-state index in [2.05, 4.69) is 220 Å². The van der Waals surface area contributed by atoms with Gasteiger partial charge in [-0.05, 0) is 29.0 Å². The van der Waals surface area contributed by atoms with Crippen LogP contribution in [-0.4, -0.2) is 24.5 Å². The van der Waals surface area contributed by atoms with Gasteiger partial charge in [-0.2, -0.15) is 0 Å². The van der Waals surface area contributed by atoms with Crippen molar-refractivity contribution in [3.05, 3.63) is 200 Å². The average molecular weight is 808 g/mol. The summed E-state index contributed by atoms with van der Waals surface area (Å²) in [5.41, 5.74) is 4.43. The van der Waals surface area contributed by atoms with Gasteiger partial charge in [-0.25, -0.2) is 4.98 Å². The standard InChI is InChI=1S/C53H33N2PSe/c57-56(50-21-9-14-34-11-1-4-16-42(34)50,51-22-10-15-35-12-2-5-17-43(35)51)41-28-25-38-31-37(23-24-39(38)32-41)40-27-29-45-49(33-40)55-48-20-8-7-19-47(48)54-53(55)46-30-26-36-13-3-6-18-44(36)52(45)46/h1-33H. The molecule has 0 aliphatic rings. The summed E-state index contributed by atoms with van der Waals surface area (Å²) in [6.07, 6.45) is 0. The molecule has 0 radical (unpaired) electrons. The van der Waals surface area contributed by atoms with Crippen LogP contribution in [0, 0.1) is 0 Å². The molecule has 12 aromatic rings. The summed E-state index contributed by atoms with van der Waals surface area (Å²) in [5, 5.41) is 17.8. The molecular formula is C53H33N2PSe. The molecule has 4 heteroatoms. The molecule has 12 rings (SSSR count). The van der Waals surface area contributed by atoms with Crippen molar-refractivity contribution in [1.29, 1.82) is 0 Å². The molecule has 57 heavy (non-hydrogen) atoms. The molecule has 0 atom stereocenters. The molecule has 2 nitrogen and oxygen atoms in total. The van der Waals surface area contributed by atoms with Crippen molar-refractivity contribution in [1.82, 2.24) is 9.38 Å². The molecule has 0 saturated carbocycles. The number of nitrogens with zero attached hydrogens (tertiary/aromatic N) is 2. The average Bonchev–Trinajstić information content (AvgIpc) is 3.68. The van der Waals surface area contributed by atoms with Crippen LogP contribution in [0.25, 0.3) is 92.6 Å². The van der Waals surface area contributed by atoms with Gasteiger partial charge in [0.2, 0.25) is 0 Å². The van der Waals surface area contributed by atoms with Gasteiger partial charge in [-0.3, -0.25) is 0 Å². The number of hydrogen-bond donors (Lipinski definition) is 0. The number of fused-ring (bicyclic) bond motifs is 13. The number of aromatic nitrogens is 2. The minimum absolute atomic E-state index is 0.994. The molecule has 0 bridgehead atoms. The molecule has 0 N–H and O–H groups in total. The topological polar surface area (TPSA) is 17.3 Å². The molecule has 2 aromatic heterocycles. The first-order chi connectivity index (χ1) is 28.1. The van der Waals surface area contributed by atoms with E-state index in [1.54, 1.807) is 0 Å². The molecule has 0 aliphatic heterocycles. The molecule has 2 heterocycles. The number of hydrogen-bond acceptors (Lipinski definition) is 1. The summed E-state index contributed by atoms with van der Waals surface area (Å²) >= 11 is 3.90. The Kier molecular flexibility index (Phi) is 7.26. The Labute approximate surface area is 336 Å². The third-order valence-corrected chi connectivity index (χ3v) is 18.9. The Morgan fingerprint density at radius 3 is 1.68 bits per heavy atom. The van der Waals surface area contributed by atoms with Crippen molar-refractivity contribution in [3.63, 3.8) is 0 Å². The second-order valence-electron chi connectivity index (χ2n) is 15.1. The van der Waals surface area contributed by atoms with Gasteiger partial charge in [0.25, 0.3) is 0 Å². The first kappa shape index (κ1) is 32.9. The Morgan fingerprint density at radius 1 is 0.386 bits per heavy atom. The molecular weight excluding hydrogens is 775 g/mol. The van der Waals surface area contributed by atoms with Crippen molar-refractivity contribution >= 4 is 118 Å². The van der Waals surface area contributed by atoms with Gasteiger partial charge in [0.05, 0.1) is 5.52 Å². The van der Waals surface area contributed by atoms with Crippen molar-refractivity contribution in [2.24, 2.45) is 0 Å². The fourth-order valence-corrected chi connectivity index (χ4v) is 15.1. The Balaban J connectivity index is 1.06. The van der Waals surface area contributed by atoms with Gasteiger partial charge in [0.15, 0.2) is 0 Å². The van der Waals surface area contributed by atoms with Gasteiger partial charge in [0.1, 0.15) is 0 Å². The summed E-state index contributed by atoms with van der Waals surface area (Å²) in [5.74, 6) is 0. The van der Waals surface area contributed by atoms with Crippen LogP contribution in [0.1, 0.15) is 0 Å². The van der Waals surface area contributed by atoms with Gasteiger partial charge >= 0.3 is 251 Å². The van der Waals surface area contributed by atoms with Gasteiger partial charge in [-0.1, -0.05) is 42.5 Å². The molecule has 0 saturated heterocycles. The molecule has 0 unspecified atom stereocenters. The zero-order valence-corrected chi connectivity index (χ0v) is 33.4.